The molecule has 1 N–H and O–H groups in total. The van der Waals surface area contributed by atoms with Crippen LogP contribution < -0.4 is 5.32 Å². The fraction of sp³-hybridized carbons (Fsp3) is 0.269. The highest BCUT2D eigenvalue weighted by Crippen LogP contribution is 2.37. The molecule has 152 valence electrons. The molecule has 1 amide bonds. The van der Waals surface area contributed by atoms with Crippen molar-refractivity contribution in [1.29, 1.82) is 0 Å². The molecule has 0 radical (unpaired) electrons. The normalized spacial score (nSPS) is 17.2. The molecule has 2 unspecified atom stereocenters. The highest BCUT2D eigenvalue weighted by Gasteiger charge is 2.35. The number of aromatic nitrogens is 1. The van der Waals surface area contributed by atoms with E-state index in [1.165, 1.54) is 21.8 Å². The zero-order valence-electron chi connectivity index (χ0n) is 17.7. The monoisotopic (exact) mass is 397 g/mol. The van der Waals surface area contributed by atoms with Gasteiger partial charge in [0.2, 0.25) is 0 Å². The van der Waals surface area contributed by atoms with Crippen LogP contribution in [0, 0.1) is 0 Å². The zero-order chi connectivity index (χ0) is 20.8. The van der Waals surface area contributed by atoms with E-state index in [0.717, 1.165) is 29.8 Å². The van der Waals surface area contributed by atoms with Crippen molar-refractivity contribution in [3.05, 3.63) is 77.9 Å². The third-order valence-corrected chi connectivity index (χ3v) is 6.46. The van der Waals surface area contributed by atoms with Crippen molar-refractivity contribution >= 4 is 33.4 Å². The first-order valence-electron chi connectivity index (χ1n) is 10.8. The van der Waals surface area contributed by atoms with Crippen molar-refractivity contribution in [2.75, 3.05) is 5.32 Å². The molecule has 0 aliphatic carbocycles. The predicted molar refractivity (Wildman–Crippen MR) is 124 cm³/mol. The molecule has 4 heteroatoms. The number of aryl methyl sites for hydroxylation is 1. The van der Waals surface area contributed by atoms with Gasteiger partial charge in [-0.05, 0) is 56.2 Å². The Hall–Kier alpha value is -3.27. The summed E-state index contributed by atoms with van der Waals surface area (Å²) >= 11 is 0. The predicted octanol–water partition coefficient (Wildman–Crippen LogP) is 6.18. The first-order chi connectivity index (χ1) is 14.6. The van der Waals surface area contributed by atoms with E-state index in [1.54, 1.807) is 0 Å². The van der Waals surface area contributed by atoms with Crippen LogP contribution >= 0.6 is 0 Å². The van der Waals surface area contributed by atoms with Gasteiger partial charge < -0.3 is 14.8 Å². The minimum Gasteiger partial charge on any atom is -0.361 e. The van der Waals surface area contributed by atoms with Crippen molar-refractivity contribution in [2.24, 2.45) is 0 Å². The Kier molecular flexibility index (Phi) is 4.50. The number of carbonyl (C=O) groups is 1. The quantitative estimate of drug-likeness (QED) is 0.446. The number of benzene rings is 3. The van der Waals surface area contributed by atoms with E-state index in [1.807, 2.05) is 29.2 Å². The molecule has 2 atom stereocenters. The smallest absolute Gasteiger partial charge is 0.258 e. The average Bonchev–Trinajstić information content (AvgIpc) is 3.11. The second-order valence-corrected chi connectivity index (χ2v) is 8.10. The molecule has 30 heavy (non-hydrogen) atoms. The second kappa shape index (κ2) is 7.21. The zero-order valence-corrected chi connectivity index (χ0v) is 17.7. The number of nitrogens with zero attached hydrogens (tertiary/aromatic N) is 2. The Morgan fingerprint density at radius 1 is 0.933 bits per heavy atom. The van der Waals surface area contributed by atoms with Crippen LogP contribution in [0.1, 0.15) is 49.3 Å². The van der Waals surface area contributed by atoms with Crippen LogP contribution in [0.15, 0.2) is 66.7 Å². The minimum absolute atomic E-state index is 0.0970. The molecule has 5 rings (SSSR count). The maximum atomic E-state index is 13.4. The highest BCUT2D eigenvalue weighted by atomic mass is 16.2. The molecule has 4 nitrogen and oxygen atoms in total. The van der Waals surface area contributed by atoms with Crippen LogP contribution in [0.4, 0.5) is 5.69 Å². The molecule has 0 saturated heterocycles. The third-order valence-electron chi connectivity index (χ3n) is 6.46. The van der Waals surface area contributed by atoms with Gasteiger partial charge in [0.15, 0.2) is 0 Å². The molecular formula is C26H27N3O. The molecule has 0 saturated carbocycles. The summed E-state index contributed by atoms with van der Waals surface area (Å²) in [6.45, 7) is 7.37. The Morgan fingerprint density at radius 3 is 2.47 bits per heavy atom. The van der Waals surface area contributed by atoms with E-state index < -0.39 is 0 Å². The van der Waals surface area contributed by atoms with E-state index in [4.69, 9.17) is 0 Å². The molecule has 1 aliphatic heterocycles. The van der Waals surface area contributed by atoms with Gasteiger partial charge in [0.25, 0.3) is 5.91 Å². The number of rotatable bonds is 4. The number of hydrogen-bond donors (Lipinski definition) is 1. The van der Waals surface area contributed by atoms with Gasteiger partial charge >= 0.3 is 0 Å². The SMILES string of the molecule is CCC(C)N1C(=O)c2ccccc2NC1c1ccc2c(c1)c1ccccc1n2CC. The maximum absolute atomic E-state index is 13.4. The summed E-state index contributed by atoms with van der Waals surface area (Å²) < 4.78 is 2.36. The molecule has 3 aromatic carbocycles. The molecule has 1 aliphatic rings. The van der Waals surface area contributed by atoms with Gasteiger partial charge in [-0.15, -0.1) is 0 Å². The number of carbonyl (C=O) groups excluding carboxylic acids is 1. The Labute approximate surface area is 177 Å². The average molecular weight is 398 g/mol. The lowest BCUT2D eigenvalue weighted by Gasteiger charge is -2.41. The maximum Gasteiger partial charge on any atom is 0.258 e. The number of fused-ring (bicyclic) bond motifs is 4. The minimum atomic E-state index is -0.185. The summed E-state index contributed by atoms with van der Waals surface area (Å²) in [5, 5.41) is 6.14. The second-order valence-electron chi connectivity index (χ2n) is 8.10. The number of hydrogen-bond acceptors (Lipinski definition) is 2. The number of nitrogens with one attached hydrogen (secondary N) is 1. The number of anilines is 1. The lowest BCUT2D eigenvalue weighted by atomic mass is 9.99. The summed E-state index contributed by atoms with van der Waals surface area (Å²) in [5.41, 5.74) is 5.26. The Bertz CT molecular complexity index is 1260. The summed E-state index contributed by atoms with van der Waals surface area (Å²) in [6, 6.07) is 23.1. The van der Waals surface area contributed by atoms with E-state index in [0.29, 0.717) is 0 Å². The summed E-state index contributed by atoms with van der Waals surface area (Å²) in [6.07, 6.45) is 0.721. The van der Waals surface area contributed by atoms with Crippen LogP contribution in [0.2, 0.25) is 0 Å². The molecular weight excluding hydrogens is 370 g/mol. The van der Waals surface area contributed by atoms with Gasteiger partial charge in [-0.2, -0.15) is 0 Å². The van der Waals surface area contributed by atoms with Crippen molar-refractivity contribution in [3.63, 3.8) is 0 Å². The number of para-hydroxylation sites is 2. The fourth-order valence-corrected chi connectivity index (χ4v) is 4.75. The molecule has 0 bridgehead atoms. The summed E-state index contributed by atoms with van der Waals surface area (Å²) in [4.78, 5) is 15.4. The van der Waals surface area contributed by atoms with Gasteiger partial charge in [0.1, 0.15) is 6.17 Å². The first-order valence-corrected chi connectivity index (χ1v) is 10.8. The Balaban J connectivity index is 1.70. The summed E-state index contributed by atoms with van der Waals surface area (Å²) in [5.74, 6) is 0.0970. The van der Waals surface area contributed by atoms with Crippen LogP contribution in [0.25, 0.3) is 21.8 Å². The first kappa shape index (κ1) is 18.7. The standard InChI is InChI=1S/C26H27N3O/c1-4-17(3)29-25(27-22-12-8-6-11-20(22)26(29)30)18-14-15-24-21(16-18)19-10-7-9-13-23(19)28(24)5-2/h6-17,25,27H,4-5H2,1-3H3. The largest absolute Gasteiger partial charge is 0.361 e. The molecule has 0 spiro atoms. The van der Waals surface area contributed by atoms with E-state index in [2.05, 4.69) is 73.1 Å². The van der Waals surface area contributed by atoms with Crippen molar-refractivity contribution in [1.82, 2.24) is 9.47 Å². The molecule has 1 aromatic heterocycles. The highest BCUT2D eigenvalue weighted by molar-refractivity contribution is 6.08. The number of amides is 1. The molecule has 4 aromatic rings. The van der Waals surface area contributed by atoms with Crippen molar-refractivity contribution in [2.45, 2.75) is 45.9 Å². The molecule has 0 fully saturated rings. The van der Waals surface area contributed by atoms with Gasteiger partial charge in [-0.3, -0.25) is 4.79 Å². The van der Waals surface area contributed by atoms with Crippen molar-refractivity contribution in [3.8, 4) is 0 Å². The van der Waals surface area contributed by atoms with Gasteiger partial charge in [-0.1, -0.05) is 43.3 Å². The Morgan fingerprint density at radius 2 is 1.67 bits per heavy atom. The van der Waals surface area contributed by atoms with Gasteiger partial charge in [0.05, 0.1) is 5.56 Å². The molecule has 2 heterocycles. The lowest BCUT2D eigenvalue weighted by molar-refractivity contribution is 0.0594. The summed E-state index contributed by atoms with van der Waals surface area (Å²) in [7, 11) is 0. The van der Waals surface area contributed by atoms with Crippen LogP contribution in [-0.2, 0) is 6.54 Å². The van der Waals surface area contributed by atoms with Crippen LogP contribution in [0.5, 0.6) is 0 Å². The van der Waals surface area contributed by atoms with E-state index in [-0.39, 0.29) is 18.1 Å². The third kappa shape index (κ3) is 2.71. The van der Waals surface area contributed by atoms with Gasteiger partial charge in [0, 0.05) is 40.1 Å². The topological polar surface area (TPSA) is 37.3 Å². The lowest BCUT2D eigenvalue weighted by Crippen LogP contribution is -2.47. The van der Waals surface area contributed by atoms with E-state index in [9.17, 15) is 4.79 Å². The fourth-order valence-electron chi connectivity index (χ4n) is 4.75. The van der Waals surface area contributed by atoms with Crippen LogP contribution in [0.3, 0.4) is 0 Å². The van der Waals surface area contributed by atoms with Crippen molar-refractivity contribution < 1.29 is 4.79 Å². The van der Waals surface area contributed by atoms with Gasteiger partial charge in [-0.25, -0.2) is 0 Å². The van der Waals surface area contributed by atoms with E-state index >= 15 is 0 Å². The van der Waals surface area contributed by atoms with Crippen LogP contribution in [-0.4, -0.2) is 21.4 Å².